The van der Waals surface area contributed by atoms with Crippen LogP contribution in [0.3, 0.4) is 0 Å². The summed E-state index contributed by atoms with van der Waals surface area (Å²) in [5, 5.41) is 0. The van der Waals surface area contributed by atoms with Crippen LogP contribution in [-0.2, 0) is 9.47 Å². The van der Waals surface area contributed by atoms with Crippen molar-refractivity contribution < 1.29 is 9.47 Å². The maximum absolute atomic E-state index is 5.60. The Morgan fingerprint density at radius 2 is 0.971 bits per heavy atom. The molecule has 2 heterocycles. The van der Waals surface area contributed by atoms with E-state index >= 15 is 0 Å². The van der Waals surface area contributed by atoms with Gasteiger partial charge in [0.2, 0.25) is 17.1 Å². The molecule has 0 fully saturated rings. The molecular formula is C31H24NO2+. The van der Waals surface area contributed by atoms with Gasteiger partial charge in [-0.15, -0.1) is 0 Å². The molecule has 34 heavy (non-hydrogen) atoms. The summed E-state index contributed by atoms with van der Waals surface area (Å²) >= 11 is 0. The smallest absolute Gasteiger partial charge is 0.226 e. The molecule has 0 atom stereocenters. The minimum absolute atomic E-state index is 0.792. The lowest BCUT2D eigenvalue weighted by Gasteiger charge is -2.09. The van der Waals surface area contributed by atoms with Crippen LogP contribution in [0.5, 0.6) is 0 Å². The molecule has 2 aliphatic heterocycles. The summed E-state index contributed by atoms with van der Waals surface area (Å²) in [7, 11) is 0. The van der Waals surface area contributed by atoms with Crippen molar-refractivity contribution in [3.63, 3.8) is 0 Å². The average Bonchev–Trinajstić information content (AvgIpc) is 3.31. The van der Waals surface area contributed by atoms with E-state index in [0.717, 1.165) is 39.8 Å². The number of allylic oxidation sites excluding steroid dienone is 14. The molecule has 2 aromatic carbocycles. The summed E-state index contributed by atoms with van der Waals surface area (Å²) in [6, 6.07) is 20.8. The predicted molar refractivity (Wildman–Crippen MR) is 140 cm³/mol. The van der Waals surface area contributed by atoms with Crippen LogP contribution < -0.4 is 4.58 Å². The number of rotatable bonds is 4. The summed E-state index contributed by atoms with van der Waals surface area (Å²) in [5.74, 6) is 1.58. The Bertz CT molecular complexity index is 1260. The molecule has 0 saturated heterocycles. The summed E-state index contributed by atoms with van der Waals surface area (Å²) in [4.78, 5) is 0. The van der Waals surface area contributed by atoms with E-state index < -0.39 is 0 Å². The van der Waals surface area contributed by atoms with Crippen LogP contribution in [-0.4, -0.2) is 5.71 Å². The van der Waals surface area contributed by atoms with Gasteiger partial charge in [0, 0.05) is 35.4 Å². The summed E-state index contributed by atoms with van der Waals surface area (Å²) in [6.45, 7) is 0. The first-order valence-electron chi connectivity index (χ1n) is 11.2. The van der Waals surface area contributed by atoms with Gasteiger partial charge in [0.1, 0.15) is 11.5 Å². The zero-order chi connectivity index (χ0) is 23.0. The molecule has 0 amide bonds. The number of benzene rings is 2. The number of hydrogen-bond acceptors (Lipinski definition) is 2. The van der Waals surface area contributed by atoms with Gasteiger partial charge in [0.15, 0.2) is 0 Å². The fraction of sp³-hybridized carbons (Fsp3) is 0. The van der Waals surface area contributed by atoms with Crippen LogP contribution in [0.15, 0.2) is 169 Å². The van der Waals surface area contributed by atoms with E-state index in [2.05, 4.69) is 77.4 Å². The van der Waals surface area contributed by atoms with Gasteiger partial charge in [0.25, 0.3) is 0 Å². The molecule has 0 spiro atoms. The predicted octanol–water partition coefficient (Wildman–Crippen LogP) is 7.35. The third-order valence-electron chi connectivity index (χ3n) is 5.40. The van der Waals surface area contributed by atoms with E-state index in [1.165, 1.54) is 0 Å². The quantitative estimate of drug-likeness (QED) is 0.462. The van der Waals surface area contributed by atoms with Crippen molar-refractivity contribution in [3.05, 3.63) is 169 Å². The lowest BCUT2D eigenvalue weighted by molar-refractivity contribution is 0.364. The first-order valence-corrected chi connectivity index (χ1v) is 11.2. The van der Waals surface area contributed by atoms with Gasteiger partial charge < -0.3 is 9.47 Å². The Labute approximate surface area is 200 Å². The van der Waals surface area contributed by atoms with Gasteiger partial charge >= 0.3 is 0 Å². The molecule has 164 valence electrons. The Morgan fingerprint density at radius 3 is 1.38 bits per heavy atom. The lowest BCUT2D eigenvalue weighted by Crippen LogP contribution is -2.18. The monoisotopic (exact) mass is 442 g/mol. The van der Waals surface area contributed by atoms with E-state index in [-0.39, 0.29) is 0 Å². The van der Waals surface area contributed by atoms with Crippen molar-refractivity contribution >= 4 is 17.1 Å². The molecule has 5 rings (SSSR count). The van der Waals surface area contributed by atoms with Crippen molar-refractivity contribution in [2.24, 2.45) is 0 Å². The first kappa shape index (κ1) is 21.2. The minimum Gasteiger partial charge on any atom is -0.465 e. The first-order chi connectivity index (χ1) is 16.9. The van der Waals surface area contributed by atoms with E-state index in [4.69, 9.17) is 9.47 Å². The van der Waals surface area contributed by atoms with Gasteiger partial charge in [-0.05, 0) is 60.8 Å². The Morgan fingerprint density at radius 1 is 0.500 bits per heavy atom. The highest BCUT2D eigenvalue weighted by molar-refractivity contribution is 6.21. The summed E-state index contributed by atoms with van der Waals surface area (Å²) < 4.78 is 13.5. The zero-order valence-corrected chi connectivity index (χ0v) is 18.6. The van der Waals surface area contributed by atoms with Crippen molar-refractivity contribution in [1.82, 2.24) is 4.58 Å². The van der Waals surface area contributed by atoms with E-state index in [1.54, 1.807) is 12.5 Å². The number of para-hydroxylation sites is 2. The van der Waals surface area contributed by atoms with Gasteiger partial charge in [-0.2, -0.15) is 4.58 Å². The minimum atomic E-state index is 0.792. The van der Waals surface area contributed by atoms with Crippen molar-refractivity contribution in [2.45, 2.75) is 0 Å². The van der Waals surface area contributed by atoms with Crippen LogP contribution in [0.25, 0.3) is 0 Å². The molecule has 0 saturated carbocycles. The molecule has 3 heteroatoms. The molecule has 0 bridgehead atoms. The Kier molecular flexibility index (Phi) is 6.45. The van der Waals surface area contributed by atoms with Crippen LogP contribution in [0.1, 0.15) is 0 Å². The second-order valence-corrected chi connectivity index (χ2v) is 7.68. The van der Waals surface area contributed by atoms with Gasteiger partial charge in [-0.1, -0.05) is 48.6 Å². The molecular weight excluding hydrogens is 418 g/mol. The standard InChI is InChI=1S/C31H24NO2/c1-3-11-27(12-4-1)32(28-13-5-2-6-14-28)31-25(19-21-29-15-7-9-23-33-29)17-18-26(31)20-22-30-16-8-10-24-34-30/h1-24H/q+1. The Hall–Kier alpha value is -4.63. The fourth-order valence-electron chi connectivity index (χ4n) is 3.83. The highest BCUT2D eigenvalue weighted by Crippen LogP contribution is 2.29. The SMILES string of the molecule is C1=COC(=CC=C2C=CC(=CC=C3C=CC=CO3)C2=[N+](c2ccccc2)c2ccccc2)C=C1. The molecule has 0 N–H and O–H groups in total. The van der Waals surface area contributed by atoms with Crippen molar-refractivity contribution in [3.8, 4) is 0 Å². The Balaban J connectivity index is 1.69. The van der Waals surface area contributed by atoms with E-state index in [1.807, 2.05) is 60.7 Å². The zero-order valence-electron chi connectivity index (χ0n) is 18.6. The highest BCUT2D eigenvalue weighted by Gasteiger charge is 2.28. The van der Waals surface area contributed by atoms with Gasteiger partial charge in [-0.3, -0.25) is 0 Å². The second-order valence-electron chi connectivity index (χ2n) is 7.68. The maximum Gasteiger partial charge on any atom is 0.226 e. The summed E-state index contributed by atoms with van der Waals surface area (Å²) in [6.07, 6.45) is 27.4. The van der Waals surface area contributed by atoms with Crippen molar-refractivity contribution in [2.75, 3.05) is 0 Å². The molecule has 2 aromatic rings. The van der Waals surface area contributed by atoms with Gasteiger partial charge in [-0.25, -0.2) is 0 Å². The normalized spacial score (nSPS) is 21.0. The lowest BCUT2D eigenvalue weighted by atomic mass is 10.1. The number of hydrogen-bond donors (Lipinski definition) is 0. The highest BCUT2D eigenvalue weighted by atomic mass is 16.5. The topological polar surface area (TPSA) is 21.5 Å². The van der Waals surface area contributed by atoms with Crippen LogP contribution in [0.2, 0.25) is 0 Å². The van der Waals surface area contributed by atoms with Crippen LogP contribution in [0, 0.1) is 0 Å². The number of nitrogens with zero attached hydrogens (tertiary/aromatic N) is 1. The van der Waals surface area contributed by atoms with Crippen molar-refractivity contribution in [1.29, 1.82) is 0 Å². The largest absolute Gasteiger partial charge is 0.465 e. The third-order valence-corrected chi connectivity index (χ3v) is 5.40. The van der Waals surface area contributed by atoms with E-state index in [9.17, 15) is 0 Å². The fourth-order valence-corrected chi connectivity index (χ4v) is 3.83. The van der Waals surface area contributed by atoms with Crippen LogP contribution >= 0.6 is 0 Å². The average molecular weight is 443 g/mol. The molecule has 1 aliphatic carbocycles. The van der Waals surface area contributed by atoms with E-state index in [0.29, 0.717) is 0 Å². The maximum atomic E-state index is 5.60. The molecule has 0 aromatic heterocycles. The molecule has 0 unspecified atom stereocenters. The second kappa shape index (κ2) is 10.3. The summed E-state index contributed by atoms with van der Waals surface area (Å²) in [5.41, 5.74) is 5.40. The molecule has 0 radical (unpaired) electrons. The number of ether oxygens (including phenoxy) is 2. The molecule has 3 nitrogen and oxygen atoms in total. The van der Waals surface area contributed by atoms with Gasteiger partial charge in [0.05, 0.1) is 12.5 Å². The molecule has 3 aliphatic rings. The third kappa shape index (κ3) is 4.89. The van der Waals surface area contributed by atoms with Crippen LogP contribution in [0.4, 0.5) is 11.4 Å².